The number of fused-ring (bicyclic) bond motifs is 1. The maximum absolute atomic E-state index is 12.8. The van der Waals surface area contributed by atoms with Gasteiger partial charge in [0.2, 0.25) is 6.79 Å². The van der Waals surface area contributed by atoms with E-state index in [2.05, 4.69) is 10.3 Å². The van der Waals surface area contributed by atoms with Crippen LogP contribution in [0.15, 0.2) is 60.9 Å². The van der Waals surface area contributed by atoms with E-state index < -0.39 is 0 Å². The predicted molar refractivity (Wildman–Crippen MR) is 121 cm³/mol. The van der Waals surface area contributed by atoms with E-state index in [0.717, 1.165) is 11.1 Å². The van der Waals surface area contributed by atoms with Crippen LogP contribution < -0.4 is 25.3 Å². The molecule has 1 aromatic heterocycles. The van der Waals surface area contributed by atoms with Gasteiger partial charge in [-0.25, -0.2) is 0 Å². The summed E-state index contributed by atoms with van der Waals surface area (Å²) in [4.78, 5) is 16.8. The number of hydrogen-bond donors (Lipinski definition) is 3. The second-order valence-corrected chi connectivity index (χ2v) is 7.01. The minimum atomic E-state index is -0.334. The first-order chi connectivity index (χ1) is 15.6. The van der Waals surface area contributed by atoms with Crippen molar-refractivity contribution in [3.05, 3.63) is 83.2 Å². The summed E-state index contributed by atoms with van der Waals surface area (Å²) in [6.07, 6.45) is 6.72. The Morgan fingerprint density at radius 1 is 1.25 bits per heavy atom. The Hall–Kier alpha value is -4.33. The molecular weight excluding hydrogens is 408 g/mol. The lowest BCUT2D eigenvalue weighted by Gasteiger charge is -2.15. The van der Waals surface area contributed by atoms with Gasteiger partial charge in [-0.2, -0.15) is 0 Å². The zero-order valence-corrected chi connectivity index (χ0v) is 17.4. The molecular formula is C24H22N4O4. The second-order valence-electron chi connectivity index (χ2n) is 7.01. The van der Waals surface area contributed by atoms with Crippen molar-refractivity contribution in [2.75, 3.05) is 19.6 Å². The second kappa shape index (κ2) is 9.22. The molecule has 2 aromatic carbocycles. The Bertz CT molecular complexity index is 1190. The summed E-state index contributed by atoms with van der Waals surface area (Å²) in [5.74, 6) is 1.25. The lowest BCUT2D eigenvalue weighted by Crippen LogP contribution is -2.24. The molecule has 4 N–H and O–H groups in total. The van der Waals surface area contributed by atoms with E-state index in [0.29, 0.717) is 34.9 Å². The lowest BCUT2D eigenvalue weighted by molar-refractivity contribution is 0.0948. The predicted octanol–water partition coefficient (Wildman–Crippen LogP) is 3.41. The highest BCUT2D eigenvalue weighted by atomic mass is 16.7. The highest BCUT2D eigenvalue weighted by Crippen LogP contribution is 2.33. The summed E-state index contributed by atoms with van der Waals surface area (Å²) in [5.41, 5.74) is 8.94. The molecule has 1 amide bonds. The molecule has 162 valence electrons. The molecule has 1 aliphatic heterocycles. The van der Waals surface area contributed by atoms with Crippen molar-refractivity contribution >= 4 is 23.4 Å². The summed E-state index contributed by atoms with van der Waals surface area (Å²) < 4.78 is 16.2. The summed E-state index contributed by atoms with van der Waals surface area (Å²) in [5, 5.41) is 11.4. The average Bonchev–Trinajstić information content (AvgIpc) is 3.29. The number of aromatic nitrogens is 1. The van der Waals surface area contributed by atoms with Crippen LogP contribution in [0, 0.1) is 5.41 Å². The van der Waals surface area contributed by atoms with Crippen LogP contribution in [-0.4, -0.2) is 30.5 Å². The number of carbonyl (C=O) groups excluding carboxylic acids is 1. The van der Waals surface area contributed by atoms with Crippen LogP contribution in [0.5, 0.6) is 17.2 Å². The fourth-order valence-electron chi connectivity index (χ4n) is 3.33. The molecule has 2 heterocycles. The van der Waals surface area contributed by atoms with Gasteiger partial charge in [0.1, 0.15) is 5.75 Å². The first-order valence-electron chi connectivity index (χ1n) is 9.87. The van der Waals surface area contributed by atoms with E-state index in [1.165, 1.54) is 7.11 Å². The Morgan fingerprint density at radius 3 is 2.88 bits per heavy atom. The van der Waals surface area contributed by atoms with Crippen molar-refractivity contribution in [2.24, 2.45) is 0 Å². The highest BCUT2D eigenvalue weighted by Gasteiger charge is 2.20. The van der Waals surface area contributed by atoms with Crippen molar-refractivity contribution in [2.45, 2.75) is 6.54 Å². The summed E-state index contributed by atoms with van der Waals surface area (Å²) in [6.45, 7) is 0.513. The van der Waals surface area contributed by atoms with Gasteiger partial charge >= 0.3 is 0 Å². The number of amides is 1. The van der Waals surface area contributed by atoms with Crippen molar-refractivity contribution in [3.8, 4) is 17.2 Å². The molecule has 0 radical (unpaired) electrons. The molecule has 0 aliphatic carbocycles. The zero-order valence-electron chi connectivity index (χ0n) is 17.4. The Labute approximate surface area is 185 Å². The van der Waals surface area contributed by atoms with E-state index in [9.17, 15) is 4.79 Å². The van der Waals surface area contributed by atoms with E-state index in [1.54, 1.807) is 42.7 Å². The molecule has 0 fully saturated rings. The number of benzene rings is 2. The number of carbonyl (C=O) groups is 1. The maximum atomic E-state index is 12.8. The number of pyridine rings is 1. The standard InChI is InChI=1S/C24H22N4O4/c1-30-23-17(24(29)28-13-16-3-2-10-27-12-16)6-8-19(26)22(23)18(25)7-4-15-5-9-20-21(11-15)32-14-31-20/h2-12,25H,13-14,26H2,1H3,(H,28,29)/b7-4+,25-18?. The highest BCUT2D eigenvalue weighted by molar-refractivity contribution is 6.15. The fourth-order valence-corrected chi connectivity index (χ4v) is 3.33. The van der Waals surface area contributed by atoms with Crippen LogP contribution in [-0.2, 0) is 6.54 Å². The molecule has 3 aromatic rings. The quantitative estimate of drug-likeness (QED) is 0.390. The monoisotopic (exact) mass is 430 g/mol. The number of allylic oxidation sites excluding steroid dienone is 1. The third kappa shape index (κ3) is 4.39. The van der Waals surface area contributed by atoms with Gasteiger partial charge in [-0.1, -0.05) is 18.2 Å². The van der Waals surface area contributed by atoms with Crippen molar-refractivity contribution < 1.29 is 19.0 Å². The van der Waals surface area contributed by atoms with Crippen molar-refractivity contribution in [3.63, 3.8) is 0 Å². The number of anilines is 1. The van der Waals surface area contributed by atoms with Crippen molar-refractivity contribution in [1.82, 2.24) is 10.3 Å². The molecule has 8 nitrogen and oxygen atoms in total. The molecule has 32 heavy (non-hydrogen) atoms. The van der Waals surface area contributed by atoms with Gasteiger partial charge in [-0.05, 0) is 47.5 Å². The van der Waals surface area contributed by atoms with Gasteiger partial charge in [0.25, 0.3) is 5.91 Å². The van der Waals surface area contributed by atoms with Crippen LogP contribution in [0.4, 0.5) is 5.69 Å². The molecule has 0 saturated heterocycles. The number of methoxy groups -OCH3 is 1. The van der Waals surface area contributed by atoms with Crippen LogP contribution in [0.1, 0.15) is 27.0 Å². The fraction of sp³-hybridized carbons (Fsp3) is 0.125. The summed E-state index contributed by atoms with van der Waals surface area (Å²) in [7, 11) is 1.45. The topological polar surface area (TPSA) is 120 Å². The third-order valence-electron chi connectivity index (χ3n) is 4.92. The molecule has 0 atom stereocenters. The smallest absolute Gasteiger partial charge is 0.255 e. The Morgan fingerprint density at radius 2 is 2.09 bits per heavy atom. The molecule has 0 unspecified atom stereocenters. The first-order valence-corrected chi connectivity index (χ1v) is 9.87. The van der Waals surface area contributed by atoms with Crippen molar-refractivity contribution in [1.29, 1.82) is 5.41 Å². The van der Waals surface area contributed by atoms with Crippen LogP contribution >= 0.6 is 0 Å². The molecule has 1 aliphatic rings. The largest absolute Gasteiger partial charge is 0.495 e. The minimum absolute atomic E-state index is 0.110. The van der Waals surface area contributed by atoms with E-state index >= 15 is 0 Å². The van der Waals surface area contributed by atoms with Gasteiger partial charge in [-0.3, -0.25) is 9.78 Å². The Balaban J connectivity index is 1.56. The van der Waals surface area contributed by atoms with E-state index in [1.807, 2.05) is 24.3 Å². The van der Waals surface area contributed by atoms with Gasteiger partial charge in [0, 0.05) is 24.6 Å². The molecule has 4 rings (SSSR count). The van der Waals surface area contributed by atoms with Crippen LogP contribution in [0.3, 0.4) is 0 Å². The molecule has 0 saturated carbocycles. The Kier molecular flexibility index (Phi) is 6.03. The number of ether oxygens (including phenoxy) is 3. The first kappa shape index (κ1) is 20.9. The lowest BCUT2D eigenvalue weighted by atomic mass is 10.0. The normalized spacial score (nSPS) is 12.0. The summed E-state index contributed by atoms with van der Waals surface area (Å²) >= 11 is 0. The van der Waals surface area contributed by atoms with E-state index in [4.69, 9.17) is 25.4 Å². The van der Waals surface area contributed by atoms with Gasteiger partial charge in [0.15, 0.2) is 11.5 Å². The summed E-state index contributed by atoms with van der Waals surface area (Å²) in [6, 6.07) is 12.4. The SMILES string of the molecule is COc1c(C(=O)NCc2cccnc2)ccc(N)c1C(=N)/C=C/c1ccc2c(c1)OCO2. The number of nitrogens with two attached hydrogens (primary N) is 1. The van der Waals surface area contributed by atoms with Crippen LogP contribution in [0.25, 0.3) is 6.08 Å². The number of nitrogens with one attached hydrogen (secondary N) is 2. The molecule has 0 bridgehead atoms. The number of hydrogen-bond acceptors (Lipinski definition) is 7. The average molecular weight is 430 g/mol. The number of nitrogens with zero attached hydrogens (tertiary/aromatic N) is 1. The number of nitrogen functional groups attached to an aromatic ring is 1. The molecule has 0 spiro atoms. The van der Waals surface area contributed by atoms with Gasteiger partial charge in [-0.15, -0.1) is 0 Å². The zero-order chi connectivity index (χ0) is 22.5. The van der Waals surface area contributed by atoms with Gasteiger partial charge in [0.05, 0.1) is 23.9 Å². The number of rotatable bonds is 7. The maximum Gasteiger partial charge on any atom is 0.255 e. The third-order valence-corrected chi connectivity index (χ3v) is 4.92. The van der Waals surface area contributed by atoms with Crippen LogP contribution in [0.2, 0.25) is 0 Å². The molecule has 8 heteroatoms. The van der Waals surface area contributed by atoms with E-state index in [-0.39, 0.29) is 24.2 Å². The van der Waals surface area contributed by atoms with Gasteiger partial charge < -0.3 is 30.7 Å². The minimum Gasteiger partial charge on any atom is -0.495 e.